The molecule has 24 heavy (non-hydrogen) atoms. The zero-order chi connectivity index (χ0) is 18.2. The molecule has 1 N–H and O–H groups in total. The van der Waals surface area contributed by atoms with Crippen LogP contribution in [-0.2, 0) is 25.1 Å². The van der Waals surface area contributed by atoms with Gasteiger partial charge in [0.05, 0.1) is 0 Å². The van der Waals surface area contributed by atoms with Gasteiger partial charge in [-0.1, -0.05) is 0 Å². The van der Waals surface area contributed by atoms with Crippen LogP contribution in [0.5, 0.6) is 0 Å². The number of allylic oxidation sites excluding steroid dienone is 1. The Labute approximate surface area is 155 Å². The Kier molecular flexibility index (Phi) is 6.12. The third kappa shape index (κ3) is 4.33. The van der Waals surface area contributed by atoms with Gasteiger partial charge in [0.2, 0.25) is 0 Å². The Hall–Kier alpha value is 0.287. The van der Waals surface area contributed by atoms with Crippen LogP contribution in [0.2, 0.25) is 32.7 Å². The molecule has 1 aliphatic rings. The predicted octanol–water partition coefficient (Wildman–Crippen LogP) is 4.62. The van der Waals surface area contributed by atoms with Crippen LogP contribution in [0.25, 0.3) is 6.08 Å². The summed E-state index contributed by atoms with van der Waals surface area (Å²) in [5.74, 6) is -1.71. The van der Waals surface area contributed by atoms with E-state index in [0.29, 0.717) is 0 Å². The summed E-state index contributed by atoms with van der Waals surface area (Å²) in [6, 6.07) is 8.14. The van der Waals surface area contributed by atoms with Crippen molar-refractivity contribution in [1.29, 1.82) is 0 Å². The number of rotatable bonds is 6. The summed E-state index contributed by atoms with van der Waals surface area (Å²) in [6.45, 7) is 10.5. The molecule has 0 saturated heterocycles. The number of hydrogen-bond donors (Lipinski definition) is 1. The van der Waals surface area contributed by atoms with Gasteiger partial charge in [-0.15, -0.1) is 0 Å². The molecular weight excluding hydrogens is 456 g/mol. The fourth-order valence-corrected chi connectivity index (χ4v) is 23.1. The quantitative estimate of drug-likeness (QED) is 0.601. The minimum absolute atomic E-state index is 0.0399. The summed E-state index contributed by atoms with van der Waals surface area (Å²) >= 11 is -4.53. The third-order valence-electron chi connectivity index (χ3n) is 4.44. The molecule has 0 spiro atoms. The SMILES string of the molecule is C[SiH](C)[Zr]([Cl])([Cl])([NH]C(=O)CO[Si](C)(C)C)[CH]1C=Cc2ccccc21. The van der Waals surface area contributed by atoms with Crippen molar-refractivity contribution in [3.8, 4) is 0 Å². The van der Waals surface area contributed by atoms with E-state index in [4.69, 9.17) is 21.5 Å². The molecule has 1 amide bonds. The molecule has 1 aromatic carbocycles. The normalized spacial score (nSPS) is 19.0. The molecule has 0 saturated carbocycles. The minimum atomic E-state index is -4.53. The van der Waals surface area contributed by atoms with Crippen LogP contribution in [0.4, 0.5) is 0 Å². The van der Waals surface area contributed by atoms with E-state index in [2.05, 4.69) is 60.3 Å². The van der Waals surface area contributed by atoms with E-state index in [9.17, 15) is 4.79 Å². The van der Waals surface area contributed by atoms with Crippen LogP contribution in [0.3, 0.4) is 0 Å². The van der Waals surface area contributed by atoms with Crippen molar-refractivity contribution >= 4 is 43.2 Å². The van der Waals surface area contributed by atoms with E-state index >= 15 is 0 Å². The topological polar surface area (TPSA) is 38.3 Å². The summed E-state index contributed by atoms with van der Waals surface area (Å²) in [7, 11) is 12.7. The molecule has 0 radical (unpaired) electrons. The fourth-order valence-electron chi connectivity index (χ4n) is 2.88. The van der Waals surface area contributed by atoms with E-state index in [1.807, 2.05) is 12.1 Å². The number of fused-ring (bicyclic) bond motifs is 1. The zero-order valence-corrected chi connectivity index (χ0v) is 21.0. The van der Waals surface area contributed by atoms with Crippen LogP contribution in [-0.4, -0.2) is 26.8 Å². The van der Waals surface area contributed by atoms with Crippen LogP contribution >= 0.6 is 17.0 Å². The summed E-state index contributed by atoms with van der Waals surface area (Å²) < 4.78 is 8.81. The Morgan fingerprint density at radius 2 is 1.92 bits per heavy atom. The van der Waals surface area contributed by atoms with Gasteiger partial charge in [0.15, 0.2) is 0 Å². The Morgan fingerprint density at radius 3 is 2.50 bits per heavy atom. The number of halogens is 2. The molecule has 2 rings (SSSR count). The first-order chi connectivity index (χ1) is 10.9. The van der Waals surface area contributed by atoms with Gasteiger partial charge in [0, 0.05) is 0 Å². The predicted molar refractivity (Wildman–Crippen MR) is 106 cm³/mol. The number of nitrogens with one attached hydrogen (secondary N) is 1. The number of hydrogen-bond acceptors (Lipinski definition) is 2. The molecular formula is C16H26Cl2NO2Si2Zr. The van der Waals surface area contributed by atoms with Crippen LogP contribution in [0.1, 0.15) is 14.8 Å². The second-order valence-electron chi connectivity index (χ2n) is 7.72. The average molecular weight is 483 g/mol. The molecule has 3 nitrogen and oxygen atoms in total. The zero-order valence-electron chi connectivity index (χ0n) is 14.9. The molecule has 0 aromatic heterocycles. The first kappa shape index (κ1) is 20.6. The van der Waals surface area contributed by atoms with Gasteiger partial charge in [0.1, 0.15) is 0 Å². The maximum absolute atomic E-state index is 12.6. The van der Waals surface area contributed by atoms with Gasteiger partial charge in [-0.2, -0.15) is 0 Å². The van der Waals surface area contributed by atoms with Crippen molar-refractivity contribution in [2.24, 2.45) is 0 Å². The van der Waals surface area contributed by atoms with Crippen LogP contribution in [0.15, 0.2) is 30.3 Å². The third-order valence-corrected chi connectivity index (χ3v) is 51.4. The number of benzene rings is 1. The molecule has 1 aliphatic carbocycles. The number of carbonyl (C=O) groups is 1. The second kappa shape index (κ2) is 7.13. The van der Waals surface area contributed by atoms with Gasteiger partial charge >= 0.3 is 156 Å². The van der Waals surface area contributed by atoms with Crippen molar-refractivity contribution in [2.75, 3.05) is 6.61 Å². The summed E-state index contributed by atoms with van der Waals surface area (Å²) in [5, 5.41) is 0. The van der Waals surface area contributed by atoms with Crippen molar-refractivity contribution < 1.29 is 25.1 Å². The van der Waals surface area contributed by atoms with Crippen LogP contribution in [0, 0.1) is 0 Å². The second-order valence-corrected chi connectivity index (χ2v) is 53.1. The fraction of sp³-hybridized carbons (Fsp3) is 0.438. The van der Waals surface area contributed by atoms with E-state index in [0.717, 1.165) is 11.1 Å². The monoisotopic (exact) mass is 480 g/mol. The van der Waals surface area contributed by atoms with E-state index in [-0.39, 0.29) is 16.1 Å². The van der Waals surface area contributed by atoms with Crippen molar-refractivity contribution in [1.82, 2.24) is 3.26 Å². The molecule has 0 fully saturated rings. The molecule has 8 heteroatoms. The summed E-state index contributed by atoms with van der Waals surface area (Å²) in [5.41, 5.74) is 2.28. The van der Waals surface area contributed by atoms with E-state index in [1.54, 1.807) is 0 Å². The van der Waals surface area contributed by atoms with Gasteiger partial charge in [-0.25, -0.2) is 0 Å². The van der Waals surface area contributed by atoms with Crippen molar-refractivity contribution in [3.63, 3.8) is 0 Å². The first-order valence-corrected chi connectivity index (χ1v) is 27.8. The molecule has 1 aromatic rings. The maximum atomic E-state index is 12.6. The summed E-state index contributed by atoms with van der Waals surface area (Å²) in [4.78, 5) is 12.6. The van der Waals surface area contributed by atoms with Gasteiger partial charge in [-0.3, -0.25) is 0 Å². The number of carbonyl (C=O) groups excluding carboxylic acids is 1. The van der Waals surface area contributed by atoms with Gasteiger partial charge in [-0.05, 0) is 0 Å². The first-order valence-electron chi connectivity index (χ1n) is 8.23. The molecule has 0 aliphatic heterocycles. The van der Waals surface area contributed by atoms with Crippen molar-refractivity contribution in [2.45, 2.75) is 36.4 Å². The molecule has 0 heterocycles. The number of amides is 1. The average Bonchev–Trinajstić information content (AvgIpc) is 2.89. The molecule has 133 valence electrons. The van der Waals surface area contributed by atoms with E-state index < -0.39 is 30.1 Å². The van der Waals surface area contributed by atoms with E-state index in [1.165, 1.54) is 0 Å². The molecule has 1 atom stereocenters. The Morgan fingerprint density at radius 1 is 1.29 bits per heavy atom. The molecule has 1 unspecified atom stereocenters. The standard InChI is InChI=1S/C9H7.C5H13NO2Si.C2H7Si.2ClH.Zr/c1-2-5-9-7-3-6-8(9)4-1;1-9(2,3)8-4-5(6)7;1-3-2;;;/h1-7H;4H2,1-3H3,(H2,6,7);3H,1-2H3;2*1H;/q;;;;;+3/p-3. The van der Waals surface area contributed by atoms with Gasteiger partial charge in [0.25, 0.3) is 0 Å². The summed E-state index contributed by atoms with van der Waals surface area (Å²) in [6.07, 6.45) is 4.15. The Balaban J connectivity index is 2.30. The molecule has 0 bridgehead atoms. The van der Waals surface area contributed by atoms with Crippen molar-refractivity contribution in [3.05, 3.63) is 41.5 Å². The Bertz CT molecular complexity index is 674. The van der Waals surface area contributed by atoms with Gasteiger partial charge < -0.3 is 0 Å². The van der Waals surface area contributed by atoms with Crippen LogP contribution < -0.4 is 3.26 Å².